The molecule has 0 amide bonds. The highest BCUT2D eigenvalue weighted by Crippen LogP contribution is 2.24. The Kier molecular flexibility index (Phi) is 6.97. The van der Waals surface area contributed by atoms with Crippen LogP contribution in [0, 0.1) is 12.8 Å². The Morgan fingerprint density at radius 3 is 2.47 bits per heavy atom. The van der Waals surface area contributed by atoms with Gasteiger partial charge in [0.25, 0.3) is 0 Å². The molecular weight excluding hydrogens is 230 g/mol. The zero-order chi connectivity index (χ0) is 14.3. The molecule has 0 radical (unpaired) electrons. The molecule has 0 bridgehead atoms. The van der Waals surface area contributed by atoms with Gasteiger partial charge in [-0.2, -0.15) is 0 Å². The third kappa shape index (κ3) is 4.89. The first kappa shape index (κ1) is 16.1. The normalized spacial score (nSPS) is 12.5. The van der Waals surface area contributed by atoms with Gasteiger partial charge in [-0.1, -0.05) is 57.7 Å². The van der Waals surface area contributed by atoms with Gasteiger partial charge >= 0.3 is 0 Å². The van der Waals surface area contributed by atoms with Crippen molar-refractivity contribution >= 4 is 5.69 Å². The predicted octanol–water partition coefficient (Wildman–Crippen LogP) is 5.21. The van der Waals surface area contributed by atoms with Gasteiger partial charge in [0.05, 0.1) is 0 Å². The van der Waals surface area contributed by atoms with E-state index in [9.17, 15) is 0 Å². The molecule has 0 saturated carbocycles. The molecule has 1 aromatic rings. The molecule has 0 aromatic heterocycles. The van der Waals surface area contributed by atoms with Crippen molar-refractivity contribution in [3.8, 4) is 0 Å². The zero-order valence-electron chi connectivity index (χ0n) is 13.5. The molecule has 0 aliphatic rings. The highest BCUT2D eigenvalue weighted by molar-refractivity contribution is 5.54. The molecule has 1 rings (SSSR count). The minimum Gasteiger partial charge on any atom is -0.374 e. The summed E-state index contributed by atoms with van der Waals surface area (Å²) in [6, 6.07) is 6.86. The molecule has 1 atom stereocenters. The summed E-state index contributed by atoms with van der Waals surface area (Å²) in [5.41, 5.74) is 4.27. The summed E-state index contributed by atoms with van der Waals surface area (Å²) in [6.45, 7) is 10.2. The number of hydrogen-bond acceptors (Lipinski definition) is 1. The first-order valence-corrected chi connectivity index (χ1v) is 7.92. The van der Waals surface area contributed by atoms with Crippen LogP contribution in [0.5, 0.6) is 0 Å². The summed E-state index contributed by atoms with van der Waals surface area (Å²) in [5.74, 6) is 0.830. The largest absolute Gasteiger partial charge is 0.374 e. The molecule has 0 N–H and O–H groups in total. The molecule has 1 nitrogen and oxygen atoms in total. The van der Waals surface area contributed by atoms with E-state index in [-0.39, 0.29) is 0 Å². The van der Waals surface area contributed by atoms with Crippen molar-refractivity contribution in [3.63, 3.8) is 0 Å². The van der Waals surface area contributed by atoms with Crippen molar-refractivity contribution in [1.82, 2.24) is 0 Å². The van der Waals surface area contributed by atoms with Crippen molar-refractivity contribution in [2.45, 2.75) is 59.8 Å². The standard InChI is InChI=1S/C18H31N/c1-6-9-10-16(7-2)14-19(5)18-12-11-15(4)13-17(18)8-3/h11-13,16H,6-10,14H2,1-5H3. The van der Waals surface area contributed by atoms with E-state index in [1.807, 2.05) is 0 Å². The molecule has 0 spiro atoms. The van der Waals surface area contributed by atoms with E-state index in [1.165, 1.54) is 49.0 Å². The lowest BCUT2D eigenvalue weighted by atomic mass is 9.98. The quantitative estimate of drug-likeness (QED) is 0.621. The second-order valence-corrected chi connectivity index (χ2v) is 5.78. The van der Waals surface area contributed by atoms with Gasteiger partial charge in [0.15, 0.2) is 0 Å². The van der Waals surface area contributed by atoms with Crippen molar-refractivity contribution in [1.29, 1.82) is 0 Å². The SMILES string of the molecule is CCCCC(CC)CN(C)c1ccc(C)cc1CC. The fourth-order valence-corrected chi connectivity index (χ4v) is 2.77. The maximum absolute atomic E-state index is 2.46. The Hall–Kier alpha value is -0.980. The Morgan fingerprint density at radius 2 is 1.89 bits per heavy atom. The average molecular weight is 261 g/mol. The van der Waals surface area contributed by atoms with Crippen LogP contribution in [-0.2, 0) is 6.42 Å². The lowest BCUT2D eigenvalue weighted by Gasteiger charge is -2.27. The number of aryl methyl sites for hydroxylation is 2. The molecule has 0 saturated heterocycles. The molecule has 0 aliphatic carbocycles. The lowest BCUT2D eigenvalue weighted by Crippen LogP contribution is -2.26. The van der Waals surface area contributed by atoms with Gasteiger partial charge in [0.2, 0.25) is 0 Å². The van der Waals surface area contributed by atoms with Crippen LogP contribution in [0.4, 0.5) is 5.69 Å². The highest BCUT2D eigenvalue weighted by atomic mass is 15.1. The van der Waals surface area contributed by atoms with E-state index in [1.54, 1.807) is 0 Å². The van der Waals surface area contributed by atoms with Crippen molar-refractivity contribution in [2.24, 2.45) is 5.92 Å². The Morgan fingerprint density at radius 1 is 1.16 bits per heavy atom. The number of hydrogen-bond donors (Lipinski definition) is 0. The third-order valence-electron chi connectivity index (χ3n) is 4.10. The molecule has 0 heterocycles. The van der Waals surface area contributed by atoms with Crippen LogP contribution >= 0.6 is 0 Å². The minimum atomic E-state index is 0.830. The summed E-state index contributed by atoms with van der Waals surface area (Å²) in [7, 11) is 2.25. The lowest BCUT2D eigenvalue weighted by molar-refractivity contribution is 0.453. The summed E-state index contributed by atoms with van der Waals surface area (Å²) in [5, 5.41) is 0. The van der Waals surface area contributed by atoms with Gasteiger partial charge in [-0.25, -0.2) is 0 Å². The summed E-state index contributed by atoms with van der Waals surface area (Å²) < 4.78 is 0. The van der Waals surface area contributed by atoms with Crippen molar-refractivity contribution < 1.29 is 0 Å². The Balaban J connectivity index is 2.73. The van der Waals surface area contributed by atoms with Gasteiger partial charge in [0.1, 0.15) is 0 Å². The molecular formula is C18H31N. The molecule has 19 heavy (non-hydrogen) atoms. The van der Waals surface area contributed by atoms with E-state index in [4.69, 9.17) is 0 Å². The second kappa shape index (κ2) is 8.24. The highest BCUT2D eigenvalue weighted by Gasteiger charge is 2.12. The number of rotatable bonds is 8. The van der Waals surface area contributed by atoms with E-state index < -0.39 is 0 Å². The Labute approximate surface area is 120 Å². The molecule has 1 heteroatoms. The first-order chi connectivity index (χ1) is 9.12. The number of benzene rings is 1. The zero-order valence-corrected chi connectivity index (χ0v) is 13.5. The van der Waals surface area contributed by atoms with Gasteiger partial charge in [0, 0.05) is 19.3 Å². The van der Waals surface area contributed by atoms with Crippen LogP contribution in [0.2, 0.25) is 0 Å². The molecule has 0 aliphatic heterocycles. The van der Waals surface area contributed by atoms with Gasteiger partial charge in [-0.3, -0.25) is 0 Å². The van der Waals surface area contributed by atoms with Crippen LogP contribution < -0.4 is 4.90 Å². The second-order valence-electron chi connectivity index (χ2n) is 5.78. The summed E-state index contributed by atoms with van der Waals surface area (Å²) in [4.78, 5) is 2.46. The van der Waals surface area contributed by atoms with E-state index in [0.717, 1.165) is 12.3 Å². The third-order valence-corrected chi connectivity index (χ3v) is 4.10. The topological polar surface area (TPSA) is 3.24 Å². The molecule has 0 fully saturated rings. The van der Waals surface area contributed by atoms with Gasteiger partial charge < -0.3 is 4.90 Å². The molecule has 108 valence electrons. The minimum absolute atomic E-state index is 0.830. The van der Waals surface area contributed by atoms with E-state index in [0.29, 0.717) is 0 Å². The van der Waals surface area contributed by atoms with Crippen LogP contribution in [0.1, 0.15) is 57.6 Å². The fourth-order valence-electron chi connectivity index (χ4n) is 2.77. The van der Waals surface area contributed by atoms with Gasteiger partial charge in [-0.05, 0) is 37.3 Å². The molecule has 1 aromatic carbocycles. The van der Waals surface area contributed by atoms with Crippen LogP contribution in [0.3, 0.4) is 0 Å². The number of nitrogens with zero attached hydrogens (tertiary/aromatic N) is 1. The van der Waals surface area contributed by atoms with Crippen LogP contribution in [0.25, 0.3) is 0 Å². The predicted molar refractivity (Wildman–Crippen MR) is 87.1 cm³/mol. The molecule has 1 unspecified atom stereocenters. The number of unbranched alkanes of at least 4 members (excludes halogenated alkanes) is 1. The average Bonchev–Trinajstić information content (AvgIpc) is 2.42. The monoisotopic (exact) mass is 261 g/mol. The van der Waals surface area contributed by atoms with Crippen LogP contribution in [0.15, 0.2) is 18.2 Å². The van der Waals surface area contributed by atoms with Crippen molar-refractivity contribution in [3.05, 3.63) is 29.3 Å². The smallest absolute Gasteiger partial charge is 0.0396 e. The summed E-state index contributed by atoms with van der Waals surface area (Å²) in [6.07, 6.45) is 6.45. The van der Waals surface area contributed by atoms with Gasteiger partial charge in [-0.15, -0.1) is 0 Å². The maximum atomic E-state index is 2.46. The fraction of sp³-hybridized carbons (Fsp3) is 0.667. The van der Waals surface area contributed by atoms with Crippen molar-refractivity contribution in [2.75, 3.05) is 18.5 Å². The first-order valence-electron chi connectivity index (χ1n) is 7.92. The Bertz CT molecular complexity index is 370. The number of anilines is 1. The van der Waals surface area contributed by atoms with Crippen LogP contribution in [-0.4, -0.2) is 13.6 Å². The van der Waals surface area contributed by atoms with E-state index >= 15 is 0 Å². The van der Waals surface area contributed by atoms with E-state index in [2.05, 4.69) is 57.8 Å². The maximum Gasteiger partial charge on any atom is 0.0396 e. The summed E-state index contributed by atoms with van der Waals surface area (Å²) >= 11 is 0.